The van der Waals surface area contributed by atoms with E-state index in [0.717, 1.165) is 0 Å². The molecule has 1 aromatic carbocycles. The third-order valence-electron chi connectivity index (χ3n) is 2.43. The molecule has 4 nitrogen and oxygen atoms in total. The van der Waals surface area contributed by atoms with E-state index in [9.17, 15) is 20.4 Å². The zero-order valence-corrected chi connectivity index (χ0v) is 11.2. The van der Waals surface area contributed by atoms with Gasteiger partial charge in [0.15, 0.2) is 0 Å². The molecule has 4 atom stereocenters. The third kappa shape index (κ3) is 4.04. The lowest BCUT2D eigenvalue weighted by molar-refractivity contribution is -0.0944. The van der Waals surface area contributed by atoms with Crippen molar-refractivity contribution < 1.29 is 20.4 Å². The largest absolute Gasteiger partial charge is 0.387 e. The molecule has 4 N–H and O–H groups in total. The lowest BCUT2D eigenvalue weighted by atomic mass is 9.97. The summed E-state index contributed by atoms with van der Waals surface area (Å²) < 4.78 is 1.53. The van der Waals surface area contributed by atoms with Crippen LogP contribution in [0, 0.1) is 0 Å². The van der Waals surface area contributed by atoms with Gasteiger partial charge in [-0.15, -0.1) is 0 Å². The number of halogens is 1. The fourth-order valence-electron chi connectivity index (χ4n) is 1.42. The van der Waals surface area contributed by atoms with Gasteiger partial charge in [0.1, 0.15) is 24.4 Å². The van der Waals surface area contributed by atoms with Crippen molar-refractivity contribution in [3.05, 3.63) is 46.1 Å². The third-order valence-corrected chi connectivity index (χ3v) is 2.85. The normalized spacial score (nSPS) is 18.9. The number of rotatable bonds is 5. The fraction of sp³-hybridized carbons (Fsp3) is 0.333. The van der Waals surface area contributed by atoms with Gasteiger partial charge in [0.2, 0.25) is 0 Å². The SMILES string of the molecule is O[C@@H]([C@H](O)[C@@H](O)/C=C\I)[C@H](O)c1ccccc1. The molecule has 0 aliphatic carbocycles. The van der Waals surface area contributed by atoms with Crippen LogP contribution < -0.4 is 0 Å². The standard InChI is InChI=1S/C12H15IO4/c13-7-6-9(14)11(16)12(17)10(15)8-4-2-1-3-5-8/h1-7,9-12,14-17H/b7-6-/t9-,10+,11+,12+/m0/s1. The van der Waals surface area contributed by atoms with Crippen molar-refractivity contribution in [2.24, 2.45) is 0 Å². The van der Waals surface area contributed by atoms with Gasteiger partial charge in [-0.3, -0.25) is 0 Å². The van der Waals surface area contributed by atoms with Crippen LogP contribution >= 0.6 is 22.6 Å². The number of aliphatic hydroxyl groups excluding tert-OH is 4. The first-order valence-electron chi connectivity index (χ1n) is 5.12. The molecule has 17 heavy (non-hydrogen) atoms. The maximum Gasteiger partial charge on any atom is 0.113 e. The Balaban J connectivity index is 2.72. The van der Waals surface area contributed by atoms with E-state index in [1.165, 1.54) is 10.2 Å². The molecule has 0 unspecified atom stereocenters. The van der Waals surface area contributed by atoms with Gasteiger partial charge in [0.05, 0.1) is 0 Å². The summed E-state index contributed by atoms with van der Waals surface area (Å²) in [4.78, 5) is 0. The highest BCUT2D eigenvalue weighted by atomic mass is 127. The molecule has 0 spiro atoms. The van der Waals surface area contributed by atoms with E-state index in [2.05, 4.69) is 0 Å². The molecule has 0 radical (unpaired) electrons. The van der Waals surface area contributed by atoms with E-state index in [1.807, 2.05) is 22.6 Å². The molecule has 0 fully saturated rings. The Morgan fingerprint density at radius 3 is 2.06 bits per heavy atom. The Labute approximate surface area is 113 Å². The van der Waals surface area contributed by atoms with E-state index in [4.69, 9.17) is 0 Å². The van der Waals surface area contributed by atoms with Gasteiger partial charge in [-0.05, 0) is 15.7 Å². The topological polar surface area (TPSA) is 80.9 Å². The Morgan fingerprint density at radius 1 is 0.941 bits per heavy atom. The van der Waals surface area contributed by atoms with Crippen LogP contribution in [0.4, 0.5) is 0 Å². The molecule has 0 aromatic heterocycles. The van der Waals surface area contributed by atoms with Crippen LogP contribution in [0.25, 0.3) is 0 Å². The van der Waals surface area contributed by atoms with Gasteiger partial charge in [0.25, 0.3) is 0 Å². The first-order valence-corrected chi connectivity index (χ1v) is 6.36. The Bertz CT molecular complexity index is 355. The van der Waals surface area contributed by atoms with Gasteiger partial charge < -0.3 is 20.4 Å². The van der Waals surface area contributed by atoms with Crippen molar-refractivity contribution in [1.29, 1.82) is 0 Å². The molecule has 0 saturated heterocycles. The van der Waals surface area contributed by atoms with Crippen molar-refractivity contribution >= 4 is 22.6 Å². The maximum atomic E-state index is 9.83. The van der Waals surface area contributed by atoms with Crippen LogP contribution in [0.15, 0.2) is 40.5 Å². The zero-order chi connectivity index (χ0) is 12.8. The predicted octanol–water partition coefficient (Wildman–Crippen LogP) is 0.751. The molecule has 0 aliphatic heterocycles. The van der Waals surface area contributed by atoms with Gasteiger partial charge in [-0.25, -0.2) is 0 Å². The van der Waals surface area contributed by atoms with Gasteiger partial charge in [0, 0.05) is 0 Å². The quantitative estimate of drug-likeness (QED) is 0.591. The summed E-state index contributed by atoms with van der Waals surface area (Å²) in [6.45, 7) is 0. The van der Waals surface area contributed by atoms with Crippen molar-refractivity contribution in [2.75, 3.05) is 0 Å². The summed E-state index contributed by atoms with van der Waals surface area (Å²) in [6.07, 6.45) is -3.98. The smallest absolute Gasteiger partial charge is 0.113 e. The van der Waals surface area contributed by atoms with Crippen LogP contribution in [0.1, 0.15) is 11.7 Å². The second-order valence-corrected chi connectivity index (χ2v) is 4.36. The summed E-state index contributed by atoms with van der Waals surface area (Å²) >= 11 is 1.89. The van der Waals surface area contributed by atoms with Gasteiger partial charge in [-0.2, -0.15) is 0 Å². The average molecular weight is 350 g/mol. The van der Waals surface area contributed by atoms with Crippen molar-refractivity contribution in [3.63, 3.8) is 0 Å². The highest BCUT2D eigenvalue weighted by Crippen LogP contribution is 2.20. The Hall–Kier alpha value is -0.470. The van der Waals surface area contributed by atoms with Crippen molar-refractivity contribution in [3.8, 4) is 0 Å². The highest BCUT2D eigenvalue weighted by Gasteiger charge is 2.29. The van der Waals surface area contributed by atoms with Crippen LogP contribution in [0.3, 0.4) is 0 Å². The first-order chi connectivity index (χ1) is 8.07. The van der Waals surface area contributed by atoms with E-state index in [1.54, 1.807) is 30.3 Å². The minimum absolute atomic E-state index is 0.490. The molecule has 0 saturated carbocycles. The lowest BCUT2D eigenvalue weighted by Crippen LogP contribution is -2.40. The highest BCUT2D eigenvalue weighted by molar-refractivity contribution is 14.1. The minimum Gasteiger partial charge on any atom is -0.387 e. The summed E-state index contributed by atoms with van der Waals surface area (Å²) in [5.41, 5.74) is 0.490. The molecule has 94 valence electrons. The van der Waals surface area contributed by atoms with E-state index < -0.39 is 24.4 Å². The average Bonchev–Trinajstić information content (AvgIpc) is 2.37. The number of benzene rings is 1. The molecule has 0 amide bonds. The summed E-state index contributed by atoms with van der Waals surface area (Å²) in [5.74, 6) is 0. The minimum atomic E-state index is -1.44. The zero-order valence-electron chi connectivity index (χ0n) is 9.02. The number of hydrogen-bond donors (Lipinski definition) is 4. The van der Waals surface area contributed by atoms with Crippen LogP contribution in [0.5, 0.6) is 0 Å². The van der Waals surface area contributed by atoms with Crippen molar-refractivity contribution in [2.45, 2.75) is 24.4 Å². The molecule has 5 heteroatoms. The summed E-state index contributed by atoms with van der Waals surface area (Å²) in [7, 11) is 0. The molecule has 0 heterocycles. The molecule has 0 aliphatic rings. The van der Waals surface area contributed by atoms with Crippen LogP contribution in [0.2, 0.25) is 0 Å². The first kappa shape index (κ1) is 14.6. The monoisotopic (exact) mass is 350 g/mol. The molecular formula is C12H15IO4. The second-order valence-electron chi connectivity index (χ2n) is 3.65. The number of aliphatic hydroxyl groups is 4. The summed E-state index contributed by atoms with van der Waals surface area (Å²) in [5, 5.41) is 38.7. The lowest BCUT2D eigenvalue weighted by Gasteiger charge is -2.25. The maximum absolute atomic E-state index is 9.83. The molecule has 0 bridgehead atoms. The van der Waals surface area contributed by atoms with Crippen molar-refractivity contribution in [1.82, 2.24) is 0 Å². The van der Waals surface area contributed by atoms with E-state index in [0.29, 0.717) is 5.56 Å². The van der Waals surface area contributed by atoms with Crippen LogP contribution in [-0.4, -0.2) is 38.7 Å². The number of hydrogen-bond acceptors (Lipinski definition) is 4. The molecule has 1 rings (SSSR count). The van der Waals surface area contributed by atoms with E-state index >= 15 is 0 Å². The predicted molar refractivity (Wildman–Crippen MR) is 72.6 cm³/mol. The van der Waals surface area contributed by atoms with Crippen LogP contribution in [-0.2, 0) is 0 Å². The Kier molecular flexibility index (Phi) is 6.07. The molecule has 1 aromatic rings. The van der Waals surface area contributed by atoms with E-state index in [-0.39, 0.29) is 0 Å². The summed E-state index contributed by atoms with van der Waals surface area (Å²) in [6, 6.07) is 8.51. The van der Waals surface area contributed by atoms with Gasteiger partial charge in [-0.1, -0.05) is 52.9 Å². The second kappa shape index (κ2) is 7.07. The molecular weight excluding hydrogens is 335 g/mol. The van der Waals surface area contributed by atoms with Gasteiger partial charge >= 0.3 is 0 Å². The fourth-order valence-corrected chi connectivity index (χ4v) is 1.85. The Morgan fingerprint density at radius 2 is 1.53 bits per heavy atom.